The molecule has 1 fully saturated rings. The number of aromatic amines is 1. The van der Waals surface area contributed by atoms with Crippen molar-refractivity contribution >= 4 is 17.3 Å². The summed E-state index contributed by atoms with van der Waals surface area (Å²) in [5, 5.41) is 9.65. The molecule has 1 amide bonds. The highest BCUT2D eigenvalue weighted by atomic mass is 19.1. The lowest BCUT2D eigenvalue weighted by Gasteiger charge is -2.24. The molecular weight excluding hydrogens is 473 g/mol. The summed E-state index contributed by atoms with van der Waals surface area (Å²) in [5.74, 6) is 0.405. The third-order valence-electron chi connectivity index (χ3n) is 6.87. The van der Waals surface area contributed by atoms with Crippen LogP contribution in [-0.4, -0.2) is 49.2 Å². The van der Waals surface area contributed by atoms with Gasteiger partial charge in [0.2, 0.25) is 0 Å². The van der Waals surface area contributed by atoms with Crippen LogP contribution in [0.15, 0.2) is 43.2 Å². The fourth-order valence-corrected chi connectivity index (χ4v) is 5.10. The monoisotopic (exact) mass is 505 g/mol. The van der Waals surface area contributed by atoms with E-state index in [4.69, 9.17) is 9.47 Å². The maximum atomic E-state index is 14.5. The van der Waals surface area contributed by atoms with Gasteiger partial charge in [0.25, 0.3) is 5.91 Å². The van der Waals surface area contributed by atoms with E-state index < -0.39 is 5.82 Å². The van der Waals surface area contributed by atoms with Crippen molar-refractivity contribution in [2.24, 2.45) is 5.92 Å². The number of para-hydroxylation sites is 1. The summed E-state index contributed by atoms with van der Waals surface area (Å²) < 4.78 is 26.2. The third kappa shape index (κ3) is 5.04. The lowest BCUT2D eigenvalue weighted by Crippen LogP contribution is -2.33. The van der Waals surface area contributed by atoms with E-state index in [0.717, 1.165) is 42.8 Å². The number of ether oxygens (including phenoxy) is 2. The van der Waals surface area contributed by atoms with Gasteiger partial charge in [0.1, 0.15) is 5.75 Å². The molecule has 8 nitrogen and oxygen atoms in total. The Morgan fingerprint density at radius 3 is 2.95 bits per heavy atom. The number of aromatic nitrogens is 2. The van der Waals surface area contributed by atoms with Gasteiger partial charge in [0.15, 0.2) is 11.6 Å². The predicted octanol–water partition coefficient (Wildman–Crippen LogP) is 4.36. The van der Waals surface area contributed by atoms with Crippen LogP contribution in [0.1, 0.15) is 34.5 Å². The maximum absolute atomic E-state index is 14.5. The topological polar surface area (TPSA) is 100 Å². The lowest BCUT2D eigenvalue weighted by atomic mass is 9.99. The zero-order valence-corrected chi connectivity index (χ0v) is 21.0. The Balaban J connectivity index is 1.63. The van der Waals surface area contributed by atoms with Gasteiger partial charge in [-0.2, -0.15) is 0 Å². The van der Waals surface area contributed by atoms with Crippen LogP contribution in [0, 0.1) is 11.7 Å². The van der Waals surface area contributed by atoms with E-state index in [0.29, 0.717) is 60.3 Å². The summed E-state index contributed by atoms with van der Waals surface area (Å²) in [6.45, 7) is 6.95. The number of methoxy groups -OCH3 is 1. The second-order valence-corrected chi connectivity index (χ2v) is 9.37. The number of pyridine rings is 1. The normalized spacial score (nSPS) is 17.0. The number of carbonyl (C=O) groups excluding carboxylic acids is 1. The van der Waals surface area contributed by atoms with E-state index in [9.17, 15) is 9.18 Å². The standard InChI is InChI=1S/C28H32FN5O3/c1-3-6-18-14-31-15-22(37-16-17-7-5-11-30-13-17)23(18)25-26(24-20(33-25)10-12-32-28(24)35)34-21-9-4-8-19(29)27(21)36-2/h3-4,8-9,14-15,17,30,33-34H,1,5-7,10-13,16H2,2H3,(H,32,35). The number of allylic oxidation sites excluding steroid dienone is 1. The van der Waals surface area contributed by atoms with Crippen molar-refractivity contribution in [3.05, 3.63) is 65.9 Å². The van der Waals surface area contributed by atoms with Crippen molar-refractivity contribution in [3.63, 3.8) is 0 Å². The average Bonchev–Trinajstić information content (AvgIpc) is 3.27. The van der Waals surface area contributed by atoms with Crippen LogP contribution in [-0.2, 0) is 12.8 Å². The number of nitrogens with zero attached hydrogens (tertiary/aromatic N) is 1. The van der Waals surface area contributed by atoms with Gasteiger partial charge in [0, 0.05) is 42.9 Å². The summed E-state index contributed by atoms with van der Waals surface area (Å²) in [7, 11) is 1.42. The highest BCUT2D eigenvalue weighted by molar-refractivity contribution is 6.07. The molecular formula is C28H32FN5O3. The molecule has 2 aliphatic rings. The molecule has 1 aromatic carbocycles. The number of anilines is 2. The summed E-state index contributed by atoms with van der Waals surface area (Å²) in [4.78, 5) is 21.0. The number of halogens is 1. The largest absolute Gasteiger partial charge is 0.492 e. The molecule has 4 N–H and O–H groups in total. The summed E-state index contributed by atoms with van der Waals surface area (Å²) in [5.41, 5.74) is 4.65. The minimum absolute atomic E-state index is 0.0712. The van der Waals surface area contributed by atoms with Crippen LogP contribution >= 0.6 is 0 Å². The average molecular weight is 506 g/mol. The summed E-state index contributed by atoms with van der Waals surface area (Å²) in [6, 6.07) is 4.65. The quantitative estimate of drug-likeness (QED) is 0.323. The number of carbonyl (C=O) groups is 1. The van der Waals surface area contributed by atoms with Crippen molar-refractivity contribution in [1.82, 2.24) is 20.6 Å². The third-order valence-corrected chi connectivity index (χ3v) is 6.87. The molecule has 0 aliphatic carbocycles. The molecule has 2 aromatic heterocycles. The molecule has 4 heterocycles. The Bertz CT molecular complexity index is 1300. The number of benzene rings is 1. The van der Waals surface area contributed by atoms with Crippen LogP contribution in [0.4, 0.5) is 15.8 Å². The predicted molar refractivity (Wildman–Crippen MR) is 141 cm³/mol. The van der Waals surface area contributed by atoms with Crippen molar-refractivity contribution in [1.29, 1.82) is 0 Å². The molecule has 2 aliphatic heterocycles. The molecule has 0 radical (unpaired) electrons. The molecule has 0 saturated carbocycles. The number of piperidine rings is 1. The Kier molecular flexibility index (Phi) is 7.41. The minimum Gasteiger partial charge on any atom is -0.492 e. The number of nitrogens with one attached hydrogen (secondary N) is 4. The van der Waals surface area contributed by atoms with E-state index in [1.807, 2.05) is 6.08 Å². The van der Waals surface area contributed by atoms with E-state index >= 15 is 0 Å². The van der Waals surface area contributed by atoms with Gasteiger partial charge in [0.05, 0.1) is 42.5 Å². The van der Waals surface area contributed by atoms with Gasteiger partial charge < -0.3 is 30.4 Å². The van der Waals surface area contributed by atoms with Crippen molar-refractivity contribution in [2.45, 2.75) is 25.7 Å². The Morgan fingerprint density at radius 2 is 2.16 bits per heavy atom. The molecule has 1 atom stereocenters. The number of H-pyrrole nitrogens is 1. The van der Waals surface area contributed by atoms with Crippen molar-refractivity contribution in [2.75, 3.05) is 38.7 Å². The minimum atomic E-state index is -0.496. The van der Waals surface area contributed by atoms with E-state index in [1.54, 1.807) is 24.5 Å². The van der Waals surface area contributed by atoms with Gasteiger partial charge in [-0.05, 0) is 43.5 Å². The lowest BCUT2D eigenvalue weighted by molar-refractivity contribution is 0.0947. The number of fused-ring (bicyclic) bond motifs is 1. The highest BCUT2D eigenvalue weighted by Crippen LogP contribution is 2.43. The van der Waals surface area contributed by atoms with Crippen LogP contribution in [0.3, 0.4) is 0 Å². The summed E-state index contributed by atoms with van der Waals surface area (Å²) in [6.07, 6.45) is 8.74. The van der Waals surface area contributed by atoms with Gasteiger partial charge in [-0.3, -0.25) is 9.78 Å². The summed E-state index contributed by atoms with van der Waals surface area (Å²) >= 11 is 0. The number of hydrogen-bond acceptors (Lipinski definition) is 6. The second-order valence-electron chi connectivity index (χ2n) is 9.37. The van der Waals surface area contributed by atoms with Gasteiger partial charge in [-0.1, -0.05) is 12.1 Å². The van der Waals surface area contributed by atoms with E-state index in [1.165, 1.54) is 13.2 Å². The van der Waals surface area contributed by atoms with E-state index in [-0.39, 0.29) is 11.7 Å². The highest BCUT2D eigenvalue weighted by Gasteiger charge is 2.30. The first-order valence-electron chi connectivity index (χ1n) is 12.6. The molecule has 9 heteroatoms. The molecule has 3 aromatic rings. The molecule has 1 saturated heterocycles. The number of rotatable bonds is 9. The number of hydrogen-bond donors (Lipinski definition) is 4. The van der Waals surface area contributed by atoms with Crippen LogP contribution in [0.25, 0.3) is 11.3 Å². The van der Waals surface area contributed by atoms with Crippen molar-refractivity contribution in [3.8, 4) is 22.8 Å². The molecule has 0 bridgehead atoms. The van der Waals surface area contributed by atoms with Crippen LogP contribution in [0.5, 0.6) is 11.5 Å². The molecule has 1 unspecified atom stereocenters. The maximum Gasteiger partial charge on any atom is 0.255 e. The zero-order valence-electron chi connectivity index (χ0n) is 21.0. The van der Waals surface area contributed by atoms with Gasteiger partial charge >= 0.3 is 0 Å². The van der Waals surface area contributed by atoms with E-state index in [2.05, 4.69) is 32.5 Å². The first-order valence-corrected chi connectivity index (χ1v) is 12.6. The first kappa shape index (κ1) is 24.8. The SMILES string of the molecule is C=CCc1cncc(OCC2CCCNC2)c1-c1[nH]c2c(c1Nc1cccc(F)c1OC)C(=O)NCC2. The van der Waals surface area contributed by atoms with Crippen LogP contribution < -0.4 is 25.4 Å². The molecule has 37 heavy (non-hydrogen) atoms. The second kappa shape index (κ2) is 11.0. The Hall–Kier alpha value is -3.85. The fraction of sp³-hybridized carbons (Fsp3) is 0.357. The van der Waals surface area contributed by atoms with Gasteiger partial charge in [-0.15, -0.1) is 6.58 Å². The first-order chi connectivity index (χ1) is 18.1. The number of amides is 1. The molecule has 194 valence electrons. The van der Waals surface area contributed by atoms with Crippen LogP contribution in [0.2, 0.25) is 0 Å². The molecule has 0 spiro atoms. The smallest absolute Gasteiger partial charge is 0.255 e. The van der Waals surface area contributed by atoms with Gasteiger partial charge in [-0.25, -0.2) is 4.39 Å². The molecule has 5 rings (SSSR count). The van der Waals surface area contributed by atoms with Crippen molar-refractivity contribution < 1.29 is 18.7 Å². The fourth-order valence-electron chi connectivity index (χ4n) is 5.10. The zero-order chi connectivity index (χ0) is 25.8. The Morgan fingerprint density at radius 1 is 1.27 bits per heavy atom. The Labute approximate surface area is 215 Å².